The minimum atomic E-state index is -0.455. The summed E-state index contributed by atoms with van der Waals surface area (Å²) in [4.78, 5) is 4.70. The van der Waals surface area contributed by atoms with E-state index in [4.69, 9.17) is 0 Å². The van der Waals surface area contributed by atoms with Crippen molar-refractivity contribution in [3.05, 3.63) is 65.6 Å². The standard InChI is InChI=1S/C15H13F2N3S/c1-10-4-5-20-9-12(19-15(20)6-10)8-18-21-14-7-11(16)2-3-13(14)17/h2-7,9,18H,8H2,1H3. The molecule has 1 aromatic carbocycles. The molecule has 108 valence electrons. The van der Waals surface area contributed by atoms with Crippen LogP contribution in [0.15, 0.2) is 47.6 Å². The predicted octanol–water partition coefficient (Wildman–Crippen LogP) is 3.72. The fourth-order valence-corrected chi connectivity index (χ4v) is 2.68. The average Bonchev–Trinajstić information content (AvgIpc) is 2.84. The monoisotopic (exact) mass is 305 g/mol. The summed E-state index contributed by atoms with van der Waals surface area (Å²) in [7, 11) is 0. The topological polar surface area (TPSA) is 29.3 Å². The molecule has 0 aliphatic carbocycles. The van der Waals surface area contributed by atoms with Gasteiger partial charge in [0, 0.05) is 12.4 Å². The molecular formula is C15H13F2N3S. The number of hydrogen-bond donors (Lipinski definition) is 1. The van der Waals surface area contributed by atoms with E-state index in [1.165, 1.54) is 6.07 Å². The Bertz CT molecular complexity index is 786. The third-order valence-corrected chi connectivity index (χ3v) is 3.82. The van der Waals surface area contributed by atoms with Crippen molar-refractivity contribution >= 4 is 17.6 Å². The van der Waals surface area contributed by atoms with Gasteiger partial charge < -0.3 is 4.40 Å². The van der Waals surface area contributed by atoms with Crippen LogP contribution in [0, 0.1) is 18.6 Å². The number of pyridine rings is 1. The summed E-state index contributed by atoms with van der Waals surface area (Å²) in [6.07, 6.45) is 3.85. The van der Waals surface area contributed by atoms with Crippen LogP contribution in [-0.4, -0.2) is 9.38 Å². The summed E-state index contributed by atoms with van der Waals surface area (Å²) in [5.41, 5.74) is 2.85. The average molecular weight is 305 g/mol. The molecule has 0 aliphatic heterocycles. The van der Waals surface area contributed by atoms with Gasteiger partial charge in [-0.2, -0.15) is 0 Å². The van der Waals surface area contributed by atoms with Gasteiger partial charge in [-0.15, -0.1) is 0 Å². The molecule has 0 atom stereocenters. The van der Waals surface area contributed by atoms with Crippen LogP contribution in [-0.2, 0) is 6.54 Å². The van der Waals surface area contributed by atoms with Crippen LogP contribution in [0.25, 0.3) is 5.65 Å². The molecule has 1 N–H and O–H groups in total. The van der Waals surface area contributed by atoms with Crippen molar-refractivity contribution in [1.29, 1.82) is 0 Å². The third-order valence-electron chi connectivity index (χ3n) is 2.99. The van der Waals surface area contributed by atoms with Crippen molar-refractivity contribution in [3.8, 4) is 0 Å². The van der Waals surface area contributed by atoms with E-state index in [2.05, 4.69) is 9.71 Å². The first kappa shape index (κ1) is 14.0. The Hall–Kier alpha value is -1.92. The Balaban J connectivity index is 1.67. The zero-order valence-electron chi connectivity index (χ0n) is 11.3. The van der Waals surface area contributed by atoms with E-state index >= 15 is 0 Å². The lowest BCUT2D eigenvalue weighted by Crippen LogP contribution is -2.04. The molecule has 0 unspecified atom stereocenters. The van der Waals surface area contributed by atoms with Gasteiger partial charge in [0.1, 0.15) is 17.3 Å². The van der Waals surface area contributed by atoms with E-state index in [0.717, 1.165) is 41.0 Å². The summed E-state index contributed by atoms with van der Waals surface area (Å²) >= 11 is 1.05. The van der Waals surface area contributed by atoms with E-state index in [0.29, 0.717) is 6.54 Å². The molecule has 3 nitrogen and oxygen atoms in total. The second kappa shape index (κ2) is 5.83. The minimum Gasteiger partial charge on any atom is -0.307 e. The van der Waals surface area contributed by atoms with Gasteiger partial charge in [0.05, 0.1) is 17.1 Å². The lowest BCUT2D eigenvalue weighted by Gasteiger charge is -2.03. The Kier molecular flexibility index (Phi) is 3.90. The molecule has 0 aliphatic rings. The number of fused-ring (bicyclic) bond motifs is 1. The summed E-state index contributed by atoms with van der Waals surface area (Å²) in [6, 6.07) is 7.38. The van der Waals surface area contributed by atoms with Crippen LogP contribution in [0.2, 0.25) is 0 Å². The van der Waals surface area contributed by atoms with Crippen LogP contribution in [0.3, 0.4) is 0 Å². The number of rotatable bonds is 4. The van der Waals surface area contributed by atoms with E-state index in [9.17, 15) is 8.78 Å². The van der Waals surface area contributed by atoms with Crippen molar-refractivity contribution in [1.82, 2.24) is 14.1 Å². The van der Waals surface area contributed by atoms with Gasteiger partial charge in [0.15, 0.2) is 0 Å². The van der Waals surface area contributed by atoms with Crippen molar-refractivity contribution in [3.63, 3.8) is 0 Å². The molecule has 2 heterocycles. The second-order valence-electron chi connectivity index (χ2n) is 4.70. The van der Waals surface area contributed by atoms with Crippen molar-refractivity contribution in [2.75, 3.05) is 0 Å². The zero-order valence-corrected chi connectivity index (χ0v) is 12.1. The summed E-state index contributed by atoms with van der Waals surface area (Å²) in [5, 5.41) is 0. The number of aromatic nitrogens is 2. The molecule has 0 saturated carbocycles. The first-order chi connectivity index (χ1) is 10.1. The Morgan fingerprint density at radius 2 is 2.10 bits per heavy atom. The van der Waals surface area contributed by atoms with Gasteiger partial charge in [-0.25, -0.2) is 13.8 Å². The molecule has 0 saturated heterocycles. The molecule has 0 spiro atoms. The maximum Gasteiger partial charge on any atom is 0.138 e. The molecule has 3 rings (SSSR count). The van der Waals surface area contributed by atoms with Gasteiger partial charge in [0.2, 0.25) is 0 Å². The van der Waals surface area contributed by atoms with Gasteiger partial charge in [-0.3, -0.25) is 4.72 Å². The maximum atomic E-state index is 13.5. The maximum absolute atomic E-state index is 13.5. The highest BCUT2D eigenvalue weighted by atomic mass is 32.2. The van der Waals surface area contributed by atoms with Gasteiger partial charge >= 0.3 is 0 Å². The van der Waals surface area contributed by atoms with Gasteiger partial charge in [-0.05, 0) is 54.8 Å². The van der Waals surface area contributed by atoms with Crippen LogP contribution >= 0.6 is 11.9 Å². The molecular weight excluding hydrogens is 292 g/mol. The van der Waals surface area contributed by atoms with Gasteiger partial charge in [-0.1, -0.05) is 0 Å². The van der Waals surface area contributed by atoms with E-state index < -0.39 is 11.6 Å². The van der Waals surface area contributed by atoms with Crippen LogP contribution in [0.4, 0.5) is 8.78 Å². The van der Waals surface area contributed by atoms with Crippen LogP contribution in [0.5, 0.6) is 0 Å². The number of nitrogens with zero attached hydrogens (tertiary/aromatic N) is 2. The minimum absolute atomic E-state index is 0.231. The fourth-order valence-electron chi connectivity index (χ4n) is 1.96. The highest BCUT2D eigenvalue weighted by molar-refractivity contribution is 7.97. The number of imidazole rings is 1. The molecule has 0 bridgehead atoms. The van der Waals surface area contributed by atoms with Crippen LogP contribution < -0.4 is 4.72 Å². The fraction of sp³-hybridized carbons (Fsp3) is 0.133. The first-order valence-electron chi connectivity index (χ1n) is 6.41. The van der Waals surface area contributed by atoms with Crippen molar-refractivity contribution in [2.45, 2.75) is 18.4 Å². The lowest BCUT2D eigenvalue weighted by atomic mass is 10.3. The van der Waals surface area contributed by atoms with Crippen molar-refractivity contribution in [2.24, 2.45) is 0 Å². The van der Waals surface area contributed by atoms with E-state index in [-0.39, 0.29) is 4.90 Å². The normalized spacial score (nSPS) is 11.2. The van der Waals surface area contributed by atoms with Gasteiger partial charge in [0.25, 0.3) is 0 Å². The van der Waals surface area contributed by atoms with Crippen LogP contribution in [0.1, 0.15) is 11.3 Å². The molecule has 0 amide bonds. The zero-order chi connectivity index (χ0) is 14.8. The highest BCUT2D eigenvalue weighted by Gasteiger charge is 2.06. The largest absolute Gasteiger partial charge is 0.307 e. The Morgan fingerprint density at radius 1 is 1.24 bits per heavy atom. The molecule has 3 aromatic rings. The molecule has 2 aromatic heterocycles. The smallest absolute Gasteiger partial charge is 0.138 e. The highest BCUT2D eigenvalue weighted by Crippen LogP contribution is 2.20. The quantitative estimate of drug-likeness (QED) is 0.745. The Labute approximate surface area is 125 Å². The van der Waals surface area contributed by atoms with Crippen molar-refractivity contribution < 1.29 is 8.78 Å². The summed E-state index contributed by atoms with van der Waals surface area (Å²) < 4.78 is 31.4. The molecule has 21 heavy (non-hydrogen) atoms. The van der Waals surface area contributed by atoms with E-state index in [1.54, 1.807) is 0 Å². The number of halogens is 2. The molecule has 0 radical (unpaired) electrons. The Morgan fingerprint density at radius 3 is 2.95 bits per heavy atom. The third kappa shape index (κ3) is 3.22. The summed E-state index contributed by atoms with van der Waals surface area (Å²) in [6.45, 7) is 2.47. The molecule has 6 heteroatoms. The lowest BCUT2D eigenvalue weighted by molar-refractivity contribution is 0.576. The number of nitrogens with one attached hydrogen (secondary N) is 1. The summed E-state index contributed by atoms with van der Waals surface area (Å²) in [5.74, 6) is -0.900. The number of benzene rings is 1. The number of hydrogen-bond acceptors (Lipinski definition) is 3. The first-order valence-corrected chi connectivity index (χ1v) is 7.22. The number of aryl methyl sites for hydroxylation is 1. The van der Waals surface area contributed by atoms with E-state index in [1.807, 2.05) is 35.9 Å². The predicted molar refractivity (Wildman–Crippen MR) is 79.0 cm³/mol. The second-order valence-corrected chi connectivity index (χ2v) is 5.63. The molecule has 0 fully saturated rings. The SMILES string of the molecule is Cc1ccn2cc(CNSc3cc(F)ccc3F)nc2c1.